The molecule has 0 atom stereocenters. The van der Waals surface area contributed by atoms with Gasteiger partial charge in [0, 0.05) is 51.4 Å². The van der Waals surface area contributed by atoms with Crippen molar-refractivity contribution in [3.63, 3.8) is 0 Å². The predicted molar refractivity (Wildman–Crippen MR) is 247 cm³/mol. The molecule has 26 heteroatoms. The maximum atomic E-state index is 14.3. The van der Waals surface area contributed by atoms with Crippen LogP contribution in [0.3, 0.4) is 0 Å². The molecule has 0 fully saturated rings. The number of aliphatic hydroxyl groups is 2. The van der Waals surface area contributed by atoms with Gasteiger partial charge in [0.25, 0.3) is 10.1 Å². The second-order valence-corrected chi connectivity index (χ2v) is 15.4. The van der Waals surface area contributed by atoms with E-state index in [-0.39, 0.29) is 55.5 Å². The zero-order valence-electron chi connectivity index (χ0n) is 37.3. The highest BCUT2D eigenvalue weighted by molar-refractivity contribution is 7.85. The predicted octanol–water partition coefficient (Wildman–Crippen LogP) is 7.21. The number of nitrogens with zero attached hydrogens (tertiary/aromatic N) is 10. The third-order valence-electron chi connectivity index (χ3n) is 9.51. The highest BCUT2D eigenvalue weighted by atomic mass is 32.2. The summed E-state index contributed by atoms with van der Waals surface area (Å²) in [6.45, 7) is 9.92. The van der Waals surface area contributed by atoms with Gasteiger partial charge in [-0.1, -0.05) is 0 Å². The van der Waals surface area contributed by atoms with Gasteiger partial charge in [-0.3, -0.25) is 4.55 Å². The van der Waals surface area contributed by atoms with E-state index in [1.165, 1.54) is 37.4 Å². The van der Waals surface area contributed by atoms with Gasteiger partial charge in [0.2, 0.25) is 17.8 Å². The Morgan fingerprint density at radius 1 is 0.642 bits per heavy atom. The molecule has 0 aliphatic carbocycles. The summed E-state index contributed by atoms with van der Waals surface area (Å²) < 4.78 is 98.1. The van der Waals surface area contributed by atoms with Crippen LogP contribution in [0.1, 0.15) is 27.7 Å². The molecular formula is C41H50F2N12O10S2. The fraction of sp³-hybridized carbons (Fsp3) is 0.341. The first kappa shape index (κ1) is 52.6. The number of nitrogens with one attached hydrogen (secondary N) is 2. The monoisotopic (exact) mass is 972 g/mol. The van der Waals surface area contributed by atoms with E-state index >= 15 is 0 Å². The van der Waals surface area contributed by atoms with Crippen molar-refractivity contribution in [2.45, 2.75) is 32.6 Å². The van der Waals surface area contributed by atoms with Crippen LogP contribution in [0.5, 0.6) is 11.5 Å². The molecule has 5 aromatic rings. The number of rotatable bonds is 22. The lowest BCUT2D eigenvalue weighted by Gasteiger charge is -2.25. The fourth-order valence-corrected chi connectivity index (χ4v) is 6.91. The number of aliphatic hydroxyl groups excluding tert-OH is 2. The van der Waals surface area contributed by atoms with Crippen LogP contribution < -0.4 is 34.8 Å². The Labute approximate surface area is 386 Å². The van der Waals surface area contributed by atoms with Crippen LogP contribution in [0.15, 0.2) is 92.1 Å². The van der Waals surface area contributed by atoms with E-state index in [9.17, 15) is 32.0 Å². The SMILES string of the molecule is CCN(CC)c1cc(Nc2nc(Nc3cc(N(CC)CC)c(OC)cc3N=Nc3ccc(F)c(S(=O)(=O)O)c3)nc(N(CCO)CCO)n2)c(N=Nc2ccc(F)cc2)cc1OC.O=S(=O)=O. The van der Waals surface area contributed by atoms with Gasteiger partial charge in [0.15, 0.2) is 0 Å². The molecule has 0 amide bonds. The molecule has 4 aromatic carbocycles. The van der Waals surface area contributed by atoms with Crippen LogP contribution in [0, 0.1) is 11.6 Å². The molecule has 22 nitrogen and oxygen atoms in total. The maximum Gasteiger partial charge on any atom is 0.425 e. The summed E-state index contributed by atoms with van der Waals surface area (Å²) in [5.74, 6) is -0.637. The van der Waals surface area contributed by atoms with Crippen molar-refractivity contribution in [1.29, 1.82) is 0 Å². The Morgan fingerprint density at radius 2 is 1.07 bits per heavy atom. The van der Waals surface area contributed by atoms with Crippen molar-refractivity contribution < 1.29 is 54.1 Å². The summed E-state index contributed by atoms with van der Waals surface area (Å²) in [5, 5.41) is 43.7. The van der Waals surface area contributed by atoms with Gasteiger partial charge in [0.05, 0.1) is 61.6 Å². The van der Waals surface area contributed by atoms with Crippen LogP contribution in [0.4, 0.5) is 72.1 Å². The lowest BCUT2D eigenvalue weighted by atomic mass is 10.2. The largest absolute Gasteiger partial charge is 0.494 e. The highest BCUT2D eigenvalue weighted by Gasteiger charge is 2.22. The number of aromatic nitrogens is 3. The van der Waals surface area contributed by atoms with Crippen LogP contribution in [-0.4, -0.2) is 117 Å². The summed E-state index contributed by atoms with van der Waals surface area (Å²) in [4.78, 5) is 18.7. The molecule has 0 unspecified atom stereocenters. The summed E-state index contributed by atoms with van der Waals surface area (Å²) >= 11 is 0. The van der Waals surface area contributed by atoms with E-state index in [0.717, 1.165) is 17.8 Å². The molecule has 0 spiro atoms. The lowest BCUT2D eigenvalue weighted by Crippen LogP contribution is -2.31. The molecule has 0 radical (unpaired) electrons. The molecule has 0 saturated heterocycles. The van der Waals surface area contributed by atoms with Gasteiger partial charge in [-0.15, -0.1) is 22.9 Å². The normalized spacial score (nSPS) is 11.3. The average Bonchev–Trinajstić information content (AvgIpc) is 3.29. The quantitative estimate of drug-likeness (QED) is 0.0338. The number of hydrogen-bond donors (Lipinski definition) is 5. The number of benzene rings is 4. The zero-order valence-corrected chi connectivity index (χ0v) is 38.9. The maximum absolute atomic E-state index is 14.3. The molecule has 67 heavy (non-hydrogen) atoms. The number of methoxy groups -OCH3 is 2. The molecule has 5 rings (SSSR count). The zero-order chi connectivity index (χ0) is 49.3. The standard InChI is InChI=1S/C41H50F2N12O7S.O3S/c1-7-53(8-2)34-22-30(32(24-36(34)61-5)51-49-27-13-11-26(42)12-14-27)44-39-46-40(48-41(47-39)55(17-19-56)18-20-57)45-31-23-35(54(9-3)10-4)37(62-6)25-33(31)52-50-28-15-16-29(43)38(21-28)63(58,59)60;1-4(2)3/h11-16,21-25,56-57H,7-10,17-20H2,1-6H3,(H,58,59,60)(H2,44,45,46,47,48);. The Kier molecular flexibility index (Phi) is 19.7. The van der Waals surface area contributed by atoms with Crippen LogP contribution in [-0.2, 0) is 20.7 Å². The van der Waals surface area contributed by atoms with Crippen molar-refractivity contribution in [3.8, 4) is 11.5 Å². The minimum absolute atomic E-state index is 0.00184. The number of anilines is 7. The molecule has 1 aromatic heterocycles. The number of azo groups is 2. The molecule has 0 aliphatic heterocycles. The van der Waals surface area contributed by atoms with Crippen molar-refractivity contribution in [2.75, 3.05) is 92.0 Å². The van der Waals surface area contributed by atoms with Crippen molar-refractivity contribution in [2.24, 2.45) is 20.5 Å². The lowest BCUT2D eigenvalue weighted by molar-refractivity contribution is 0.280. The fourth-order valence-electron chi connectivity index (χ4n) is 6.33. The Bertz CT molecular complexity index is 2740. The minimum Gasteiger partial charge on any atom is -0.494 e. The highest BCUT2D eigenvalue weighted by Crippen LogP contribution is 2.42. The molecule has 360 valence electrons. The van der Waals surface area contributed by atoms with Crippen LogP contribution in [0.2, 0.25) is 0 Å². The van der Waals surface area contributed by atoms with Crippen LogP contribution in [0.25, 0.3) is 0 Å². The van der Waals surface area contributed by atoms with E-state index in [1.807, 2.05) is 38.7 Å². The topological polar surface area (TPSA) is 286 Å². The van der Waals surface area contributed by atoms with Gasteiger partial charge >= 0.3 is 10.6 Å². The van der Waals surface area contributed by atoms with E-state index in [4.69, 9.17) is 27.1 Å². The van der Waals surface area contributed by atoms with Gasteiger partial charge < -0.3 is 45.0 Å². The summed E-state index contributed by atoms with van der Waals surface area (Å²) in [5.41, 5.74) is 2.84. The van der Waals surface area contributed by atoms with E-state index < -0.39 is 37.3 Å². The minimum atomic E-state index is -4.91. The van der Waals surface area contributed by atoms with Gasteiger partial charge in [-0.2, -0.15) is 33.6 Å². The van der Waals surface area contributed by atoms with E-state index in [0.29, 0.717) is 66.1 Å². The summed E-state index contributed by atoms with van der Waals surface area (Å²) in [6.07, 6.45) is 0. The molecular weight excluding hydrogens is 923 g/mol. The third kappa shape index (κ3) is 14.8. The molecule has 5 N–H and O–H groups in total. The van der Waals surface area contributed by atoms with Crippen LogP contribution >= 0.6 is 0 Å². The number of halogens is 2. The van der Waals surface area contributed by atoms with E-state index in [1.54, 1.807) is 30.2 Å². The molecule has 0 saturated carbocycles. The number of hydrogen-bond acceptors (Lipinski definition) is 21. The Morgan fingerprint density at radius 3 is 1.48 bits per heavy atom. The first-order valence-electron chi connectivity index (χ1n) is 20.4. The third-order valence-corrected chi connectivity index (χ3v) is 10.4. The summed E-state index contributed by atoms with van der Waals surface area (Å²) in [6, 6.07) is 15.2. The Balaban J connectivity index is 0.00000235. The van der Waals surface area contributed by atoms with Crippen molar-refractivity contribution in [3.05, 3.63) is 78.4 Å². The average molecular weight is 973 g/mol. The van der Waals surface area contributed by atoms with Gasteiger partial charge in [-0.05, 0) is 82.3 Å². The number of ether oxygens (including phenoxy) is 2. The smallest absolute Gasteiger partial charge is 0.425 e. The second kappa shape index (κ2) is 25.1. The first-order chi connectivity index (χ1) is 32.0. The van der Waals surface area contributed by atoms with Gasteiger partial charge in [0.1, 0.15) is 39.4 Å². The first-order valence-corrected chi connectivity index (χ1v) is 22.8. The second-order valence-electron chi connectivity index (χ2n) is 13.6. The van der Waals surface area contributed by atoms with Gasteiger partial charge in [-0.25, -0.2) is 8.78 Å². The van der Waals surface area contributed by atoms with Crippen molar-refractivity contribution in [1.82, 2.24) is 15.0 Å². The summed E-state index contributed by atoms with van der Waals surface area (Å²) in [7, 11) is -4.99. The molecule has 0 aliphatic rings. The van der Waals surface area contributed by atoms with E-state index in [2.05, 4.69) is 46.0 Å². The Hall–Kier alpha value is -7.00. The molecule has 1 heterocycles. The van der Waals surface area contributed by atoms with Crippen molar-refractivity contribution >= 4 is 84.1 Å². The molecule has 0 bridgehead atoms.